The van der Waals surface area contributed by atoms with E-state index in [1.54, 1.807) is 0 Å². The molecule has 7 heteroatoms. The Labute approximate surface area is 140 Å². The number of nitrogens with one attached hydrogen (secondary N) is 2. The van der Waals surface area contributed by atoms with E-state index in [2.05, 4.69) is 10.6 Å². The number of hydrogen-bond donors (Lipinski definition) is 3. The van der Waals surface area contributed by atoms with Gasteiger partial charge >= 0.3 is 0 Å². The van der Waals surface area contributed by atoms with Crippen LogP contribution in [-0.4, -0.2) is 53.7 Å². The topological polar surface area (TPSA) is 64.6 Å². The summed E-state index contributed by atoms with van der Waals surface area (Å²) < 4.78 is 27.6. The summed E-state index contributed by atoms with van der Waals surface area (Å²) in [6.07, 6.45) is 1.65. The maximum absolute atomic E-state index is 13.8. The Hall–Kier alpha value is -1.57. The van der Waals surface area contributed by atoms with Crippen molar-refractivity contribution in [3.63, 3.8) is 0 Å². The molecule has 1 amide bonds. The van der Waals surface area contributed by atoms with Crippen molar-refractivity contribution >= 4 is 5.91 Å². The molecular formula is C17H23F2N3O2. The second-order valence-corrected chi connectivity index (χ2v) is 6.63. The number of nitrogens with zero attached hydrogens (tertiary/aromatic N) is 1. The molecule has 2 fully saturated rings. The van der Waals surface area contributed by atoms with E-state index in [1.165, 1.54) is 18.2 Å². The van der Waals surface area contributed by atoms with Crippen molar-refractivity contribution in [3.05, 3.63) is 35.4 Å². The van der Waals surface area contributed by atoms with Crippen molar-refractivity contribution in [2.45, 2.75) is 44.0 Å². The van der Waals surface area contributed by atoms with Gasteiger partial charge in [0.2, 0.25) is 5.91 Å². The molecule has 3 N–H and O–H groups in total. The lowest BCUT2D eigenvalue weighted by Crippen LogP contribution is -2.51. The Morgan fingerprint density at radius 2 is 2.12 bits per heavy atom. The standard InChI is InChI=1S/C17H23F2N3O2/c18-14-4-1-5-15(19)13(14)10-22-6-2-3-11(9-22)21-17(24)16-7-12(23)8-20-16/h1,4-5,11-12,16,20,23H,2-3,6-10H2,(H,21,24)/t11-,12+,16-/m1/s1. The number of β-amino-alcohol motifs (C(OH)–C–C–N with tert-alkyl or cyclic N) is 1. The zero-order valence-electron chi connectivity index (χ0n) is 13.5. The molecule has 2 aliphatic rings. The lowest BCUT2D eigenvalue weighted by molar-refractivity contribution is -0.124. The van der Waals surface area contributed by atoms with E-state index in [-0.39, 0.29) is 30.1 Å². The first-order chi connectivity index (χ1) is 11.5. The van der Waals surface area contributed by atoms with E-state index >= 15 is 0 Å². The third-order valence-electron chi connectivity index (χ3n) is 4.72. The number of hydrogen-bond acceptors (Lipinski definition) is 4. The van der Waals surface area contributed by atoms with E-state index < -0.39 is 17.7 Å². The number of benzene rings is 1. The smallest absolute Gasteiger partial charge is 0.237 e. The second-order valence-electron chi connectivity index (χ2n) is 6.63. The minimum absolute atomic E-state index is 0.0411. The predicted octanol–water partition coefficient (Wildman–Crippen LogP) is 0.768. The van der Waals surface area contributed by atoms with Crippen LogP contribution in [0.5, 0.6) is 0 Å². The maximum Gasteiger partial charge on any atom is 0.237 e. The summed E-state index contributed by atoms with van der Waals surface area (Å²) >= 11 is 0. The van der Waals surface area contributed by atoms with Gasteiger partial charge in [0.15, 0.2) is 0 Å². The number of amides is 1. The van der Waals surface area contributed by atoms with Gasteiger partial charge in [0.1, 0.15) is 11.6 Å². The summed E-state index contributed by atoms with van der Waals surface area (Å²) in [5.74, 6) is -1.19. The fourth-order valence-corrected chi connectivity index (χ4v) is 3.44. The molecule has 24 heavy (non-hydrogen) atoms. The van der Waals surface area contributed by atoms with Crippen molar-refractivity contribution in [1.29, 1.82) is 0 Å². The molecule has 2 aliphatic heterocycles. The van der Waals surface area contributed by atoms with Crippen molar-refractivity contribution in [3.8, 4) is 0 Å². The van der Waals surface area contributed by atoms with Crippen molar-refractivity contribution in [2.75, 3.05) is 19.6 Å². The Morgan fingerprint density at radius 3 is 2.79 bits per heavy atom. The van der Waals surface area contributed by atoms with Gasteiger partial charge in [-0.3, -0.25) is 9.69 Å². The van der Waals surface area contributed by atoms with Crippen LogP contribution in [0.3, 0.4) is 0 Å². The van der Waals surface area contributed by atoms with E-state index in [9.17, 15) is 18.7 Å². The molecule has 0 aliphatic carbocycles. The highest BCUT2D eigenvalue weighted by atomic mass is 19.1. The Morgan fingerprint density at radius 1 is 1.38 bits per heavy atom. The van der Waals surface area contributed by atoms with E-state index in [4.69, 9.17) is 0 Å². The molecule has 0 bridgehead atoms. The molecule has 0 radical (unpaired) electrons. The molecule has 0 unspecified atom stereocenters. The first-order valence-corrected chi connectivity index (χ1v) is 8.40. The number of aliphatic hydroxyl groups is 1. The molecule has 1 aromatic carbocycles. The van der Waals surface area contributed by atoms with Gasteiger partial charge in [-0.05, 0) is 37.9 Å². The van der Waals surface area contributed by atoms with Crippen molar-refractivity contribution in [1.82, 2.24) is 15.5 Å². The number of carbonyl (C=O) groups is 1. The van der Waals surface area contributed by atoms with E-state index in [1.807, 2.05) is 4.90 Å². The van der Waals surface area contributed by atoms with Crippen LogP contribution in [0.25, 0.3) is 0 Å². The van der Waals surface area contributed by atoms with Crippen LogP contribution in [0.4, 0.5) is 8.78 Å². The SMILES string of the molecule is O=C(N[C@@H]1CCCN(Cc2c(F)cccc2F)C1)[C@H]1C[C@H](O)CN1. The summed E-state index contributed by atoms with van der Waals surface area (Å²) in [7, 11) is 0. The molecule has 3 rings (SSSR count). The van der Waals surface area contributed by atoms with Gasteiger partial charge in [-0.25, -0.2) is 8.78 Å². The minimum atomic E-state index is -0.537. The normalized spacial score (nSPS) is 28.0. The summed E-state index contributed by atoms with van der Waals surface area (Å²) in [5, 5.41) is 15.5. The lowest BCUT2D eigenvalue weighted by Gasteiger charge is -2.33. The first kappa shape index (κ1) is 17.3. The quantitative estimate of drug-likeness (QED) is 0.758. The Balaban J connectivity index is 1.55. The number of likely N-dealkylation sites (tertiary alicyclic amines) is 1. The summed E-state index contributed by atoms with van der Waals surface area (Å²) in [5.41, 5.74) is 0.0741. The van der Waals surface area contributed by atoms with Crippen LogP contribution in [0, 0.1) is 11.6 Å². The van der Waals surface area contributed by atoms with Gasteiger partial charge in [-0.1, -0.05) is 6.07 Å². The number of carbonyl (C=O) groups excluding carboxylic acids is 1. The Bertz CT molecular complexity index is 579. The van der Waals surface area contributed by atoms with Gasteiger partial charge in [-0.2, -0.15) is 0 Å². The Kier molecular flexibility index (Phi) is 5.43. The van der Waals surface area contributed by atoms with Gasteiger partial charge in [-0.15, -0.1) is 0 Å². The van der Waals surface area contributed by atoms with Crippen LogP contribution in [0.1, 0.15) is 24.8 Å². The largest absolute Gasteiger partial charge is 0.392 e. The molecule has 5 nitrogen and oxygen atoms in total. The summed E-state index contributed by atoms with van der Waals surface area (Å²) in [6.45, 7) is 1.95. The number of rotatable bonds is 4. The second kappa shape index (κ2) is 7.55. The van der Waals surface area contributed by atoms with E-state index in [0.717, 1.165) is 19.4 Å². The summed E-state index contributed by atoms with van der Waals surface area (Å²) in [4.78, 5) is 14.2. The predicted molar refractivity (Wildman–Crippen MR) is 85.2 cm³/mol. The first-order valence-electron chi connectivity index (χ1n) is 8.40. The fourth-order valence-electron chi connectivity index (χ4n) is 3.44. The minimum Gasteiger partial charge on any atom is -0.392 e. The molecule has 0 aromatic heterocycles. The number of halogens is 2. The van der Waals surface area contributed by atoms with Crippen molar-refractivity contribution in [2.24, 2.45) is 0 Å². The van der Waals surface area contributed by atoms with Crippen LogP contribution in [-0.2, 0) is 11.3 Å². The van der Waals surface area contributed by atoms with Gasteiger partial charge in [0.05, 0.1) is 12.1 Å². The van der Waals surface area contributed by atoms with Crippen molar-refractivity contribution < 1.29 is 18.7 Å². The molecular weight excluding hydrogens is 316 g/mol. The fraction of sp³-hybridized carbons (Fsp3) is 0.588. The van der Waals surface area contributed by atoms with Gasteiger partial charge in [0.25, 0.3) is 0 Å². The van der Waals surface area contributed by atoms with Crippen LogP contribution in [0.2, 0.25) is 0 Å². The maximum atomic E-state index is 13.8. The third kappa shape index (κ3) is 4.09. The van der Waals surface area contributed by atoms with Crippen LogP contribution < -0.4 is 10.6 Å². The molecule has 0 spiro atoms. The third-order valence-corrected chi connectivity index (χ3v) is 4.72. The monoisotopic (exact) mass is 339 g/mol. The number of piperidine rings is 1. The average Bonchev–Trinajstić information content (AvgIpc) is 2.98. The van der Waals surface area contributed by atoms with E-state index in [0.29, 0.717) is 19.5 Å². The molecule has 0 saturated carbocycles. The zero-order valence-corrected chi connectivity index (χ0v) is 13.5. The average molecular weight is 339 g/mol. The highest BCUT2D eigenvalue weighted by Gasteiger charge is 2.30. The molecule has 132 valence electrons. The molecule has 1 aromatic rings. The van der Waals surface area contributed by atoms with Crippen LogP contribution in [0.15, 0.2) is 18.2 Å². The van der Waals surface area contributed by atoms with Crippen LogP contribution >= 0.6 is 0 Å². The zero-order chi connectivity index (χ0) is 17.1. The number of aliphatic hydroxyl groups excluding tert-OH is 1. The summed E-state index contributed by atoms with van der Waals surface area (Å²) in [6, 6.07) is 3.48. The van der Waals surface area contributed by atoms with Gasteiger partial charge in [0, 0.05) is 31.2 Å². The molecule has 2 heterocycles. The highest BCUT2D eigenvalue weighted by molar-refractivity contribution is 5.82. The van der Waals surface area contributed by atoms with Gasteiger partial charge < -0.3 is 15.7 Å². The lowest BCUT2D eigenvalue weighted by atomic mass is 10.0. The highest BCUT2D eigenvalue weighted by Crippen LogP contribution is 2.18. The molecule has 3 atom stereocenters. The molecule has 2 saturated heterocycles.